The van der Waals surface area contributed by atoms with Gasteiger partial charge in [0, 0.05) is 17.5 Å². The van der Waals surface area contributed by atoms with E-state index in [1.165, 1.54) is 12.1 Å². The third-order valence-corrected chi connectivity index (χ3v) is 4.01. The Balaban J connectivity index is 2.04. The maximum atomic E-state index is 12.9. The van der Waals surface area contributed by atoms with Crippen molar-refractivity contribution in [3.63, 3.8) is 0 Å². The lowest BCUT2D eigenvalue weighted by molar-refractivity contribution is -0.0158. The molecule has 17 heavy (non-hydrogen) atoms. The number of halogens is 2. The molecule has 1 fully saturated rings. The van der Waals surface area contributed by atoms with Crippen molar-refractivity contribution < 1.29 is 14.2 Å². The molecular formula is C13H16BrFO2. The molecule has 3 unspecified atom stereocenters. The van der Waals surface area contributed by atoms with Crippen LogP contribution in [0.4, 0.5) is 4.39 Å². The molecule has 0 bridgehead atoms. The lowest BCUT2D eigenvalue weighted by Gasteiger charge is -2.21. The molecule has 1 N–H and O–H groups in total. The summed E-state index contributed by atoms with van der Waals surface area (Å²) in [5.74, 6) is 0.102. The molecule has 4 heteroatoms. The minimum absolute atomic E-state index is 0.105. The van der Waals surface area contributed by atoms with E-state index < -0.39 is 6.10 Å². The van der Waals surface area contributed by atoms with E-state index in [4.69, 9.17) is 4.74 Å². The van der Waals surface area contributed by atoms with Crippen LogP contribution in [0.5, 0.6) is 0 Å². The Bertz CT molecular complexity index is 397. The molecule has 3 atom stereocenters. The van der Waals surface area contributed by atoms with Crippen molar-refractivity contribution in [2.45, 2.75) is 32.0 Å². The van der Waals surface area contributed by atoms with Crippen molar-refractivity contribution in [2.75, 3.05) is 6.61 Å². The molecule has 0 aliphatic carbocycles. The maximum absolute atomic E-state index is 12.9. The zero-order valence-electron chi connectivity index (χ0n) is 9.70. The normalized spacial score (nSPS) is 26.1. The Morgan fingerprint density at radius 3 is 2.94 bits per heavy atom. The van der Waals surface area contributed by atoms with E-state index in [1.54, 1.807) is 6.07 Å². The molecule has 1 aliphatic heterocycles. The summed E-state index contributed by atoms with van der Waals surface area (Å²) >= 11 is 3.31. The second-order valence-electron chi connectivity index (χ2n) is 4.61. The standard InChI is InChI=1S/C13H16BrFO2/c1-8-4-5-17-13(8)12(16)6-9-2-3-10(15)7-11(9)14/h2-3,7-8,12-13,16H,4-6H2,1H3. The minimum atomic E-state index is -0.533. The Morgan fingerprint density at radius 1 is 1.59 bits per heavy atom. The number of aliphatic hydroxyl groups excluding tert-OH is 1. The predicted octanol–water partition coefficient (Wildman–Crippen LogP) is 2.92. The second-order valence-corrected chi connectivity index (χ2v) is 5.46. The largest absolute Gasteiger partial charge is 0.390 e. The van der Waals surface area contributed by atoms with Crippen LogP contribution in [0.3, 0.4) is 0 Å². The van der Waals surface area contributed by atoms with Gasteiger partial charge in [-0.25, -0.2) is 4.39 Å². The van der Waals surface area contributed by atoms with E-state index in [0.29, 0.717) is 23.4 Å². The van der Waals surface area contributed by atoms with E-state index in [9.17, 15) is 9.50 Å². The third kappa shape index (κ3) is 3.06. The summed E-state index contributed by atoms with van der Waals surface area (Å²) in [5.41, 5.74) is 0.904. The number of aliphatic hydroxyl groups is 1. The van der Waals surface area contributed by atoms with Crippen molar-refractivity contribution in [2.24, 2.45) is 5.92 Å². The van der Waals surface area contributed by atoms with Crippen LogP contribution in [-0.2, 0) is 11.2 Å². The molecule has 1 aromatic carbocycles. The first kappa shape index (κ1) is 13.0. The summed E-state index contributed by atoms with van der Waals surface area (Å²) in [6, 6.07) is 4.52. The first-order chi connectivity index (χ1) is 8.08. The molecule has 0 spiro atoms. The van der Waals surface area contributed by atoms with Crippen molar-refractivity contribution in [1.29, 1.82) is 0 Å². The van der Waals surface area contributed by atoms with Gasteiger partial charge < -0.3 is 9.84 Å². The summed E-state index contributed by atoms with van der Waals surface area (Å²) in [6.45, 7) is 2.80. The molecule has 2 rings (SSSR count). The number of hydrogen-bond donors (Lipinski definition) is 1. The monoisotopic (exact) mass is 302 g/mol. The van der Waals surface area contributed by atoms with Crippen molar-refractivity contribution >= 4 is 15.9 Å². The summed E-state index contributed by atoms with van der Waals surface area (Å²) in [4.78, 5) is 0. The number of rotatable bonds is 3. The van der Waals surface area contributed by atoms with E-state index in [-0.39, 0.29) is 11.9 Å². The highest BCUT2D eigenvalue weighted by Gasteiger charge is 2.31. The molecule has 94 valence electrons. The molecule has 2 nitrogen and oxygen atoms in total. The molecule has 1 aliphatic rings. The average molecular weight is 303 g/mol. The van der Waals surface area contributed by atoms with E-state index >= 15 is 0 Å². The van der Waals surface area contributed by atoms with Crippen LogP contribution in [0.2, 0.25) is 0 Å². The lowest BCUT2D eigenvalue weighted by Crippen LogP contribution is -2.31. The number of hydrogen-bond acceptors (Lipinski definition) is 2. The zero-order valence-corrected chi connectivity index (χ0v) is 11.3. The first-order valence-electron chi connectivity index (χ1n) is 5.81. The van der Waals surface area contributed by atoms with Gasteiger partial charge in [0.25, 0.3) is 0 Å². The van der Waals surface area contributed by atoms with Gasteiger partial charge in [0.05, 0.1) is 12.2 Å². The molecule has 0 amide bonds. The highest BCUT2D eigenvalue weighted by Crippen LogP contribution is 2.26. The van der Waals surface area contributed by atoms with Crippen molar-refractivity contribution in [3.8, 4) is 0 Å². The summed E-state index contributed by atoms with van der Waals surface area (Å²) < 4.78 is 19.2. The van der Waals surface area contributed by atoms with Crippen LogP contribution in [-0.4, -0.2) is 23.9 Å². The third-order valence-electron chi connectivity index (χ3n) is 3.27. The Hall–Kier alpha value is -0.450. The van der Waals surface area contributed by atoms with Crippen LogP contribution in [0.25, 0.3) is 0 Å². The Kier molecular flexibility index (Phi) is 4.17. The van der Waals surface area contributed by atoms with Crippen LogP contribution < -0.4 is 0 Å². The van der Waals surface area contributed by atoms with Crippen LogP contribution in [0.1, 0.15) is 18.9 Å². The summed E-state index contributed by atoms with van der Waals surface area (Å²) in [7, 11) is 0. The highest BCUT2D eigenvalue weighted by atomic mass is 79.9. The quantitative estimate of drug-likeness (QED) is 0.930. The molecule has 0 aromatic heterocycles. The highest BCUT2D eigenvalue weighted by molar-refractivity contribution is 9.10. The summed E-state index contributed by atoms with van der Waals surface area (Å²) in [5, 5.41) is 10.1. The van der Waals surface area contributed by atoms with Gasteiger partial charge in [-0.1, -0.05) is 28.9 Å². The lowest BCUT2D eigenvalue weighted by atomic mass is 9.95. The molecular weight excluding hydrogens is 287 g/mol. The smallest absolute Gasteiger partial charge is 0.124 e. The Labute approximate surface area is 109 Å². The van der Waals surface area contributed by atoms with Gasteiger partial charge >= 0.3 is 0 Å². The first-order valence-corrected chi connectivity index (χ1v) is 6.61. The van der Waals surface area contributed by atoms with E-state index in [1.807, 2.05) is 0 Å². The molecule has 1 saturated heterocycles. The number of ether oxygens (including phenoxy) is 1. The van der Waals surface area contributed by atoms with E-state index in [0.717, 1.165) is 12.0 Å². The minimum Gasteiger partial charge on any atom is -0.390 e. The van der Waals surface area contributed by atoms with Gasteiger partial charge in [-0.05, 0) is 30.0 Å². The SMILES string of the molecule is CC1CCOC1C(O)Cc1ccc(F)cc1Br. The fraction of sp³-hybridized carbons (Fsp3) is 0.538. The van der Waals surface area contributed by atoms with Crippen LogP contribution in [0.15, 0.2) is 22.7 Å². The molecule has 0 saturated carbocycles. The van der Waals surface area contributed by atoms with Gasteiger partial charge in [-0.2, -0.15) is 0 Å². The molecule has 1 heterocycles. The fourth-order valence-corrected chi connectivity index (χ4v) is 2.75. The van der Waals surface area contributed by atoms with Gasteiger partial charge in [0.2, 0.25) is 0 Å². The topological polar surface area (TPSA) is 29.5 Å². The zero-order chi connectivity index (χ0) is 12.4. The average Bonchev–Trinajstić information content (AvgIpc) is 2.68. The van der Waals surface area contributed by atoms with Gasteiger partial charge in [-0.3, -0.25) is 0 Å². The van der Waals surface area contributed by atoms with E-state index in [2.05, 4.69) is 22.9 Å². The van der Waals surface area contributed by atoms with Crippen LogP contribution in [0, 0.1) is 11.7 Å². The second kappa shape index (κ2) is 5.46. The molecule has 0 radical (unpaired) electrons. The predicted molar refractivity (Wildman–Crippen MR) is 67.3 cm³/mol. The van der Waals surface area contributed by atoms with Gasteiger partial charge in [0.1, 0.15) is 5.82 Å². The Morgan fingerprint density at radius 2 is 2.35 bits per heavy atom. The summed E-state index contributed by atoms with van der Waals surface area (Å²) in [6.07, 6.45) is 0.837. The van der Waals surface area contributed by atoms with Gasteiger partial charge in [-0.15, -0.1) is 0 Å². The van der Waals surface area contributed by atoms with Crippen molar-refractivity contribution in [1.82, 2.24) is 0 Å². The van der Waals surface area contributed by atoms with Crippen molar-refractivity contribution in [3.05, 3.63) is 34.1 Å². The maximum Gasteiger partial charge on any atom is 0.124 e. The fourth-order valence-electron chi connectivity index (χ4n) is 2.24. The molecule has 1 aromatic rings. The number of benzene rings is 1. The van der Waals surface area contributed by atoms with Crippen LogP contribution >= 0.6 is 15.9 Å². The van der Waals surface area contributed by atoms with Gasteiger partial charge in [0.15, 0.2) is 0 Å².